The molecule has 1 fully saturated rings. The predicted octanol–water partition coefficient (Wildman–Crippen LogP) is 3.94. The number of benzene rings is 2. The maximum Gasteiger partial charge on any atom is 0.262 e. The quantitative estimate of drug-likeness (QED) is 0.856. The van der Waals surface area contributed by atoms with Crippen LogP contribution in [0, 0.1) is 5.92 Å². The Morgan fingerprint density at radius 1 is 1.19 bits per heavy atom. The Balaban J connectivity index is 1.56. The van der Waals surface area contributed by atoms with Gasteiger partial charge in [-0.05, 0) is 54.7 Å². The van der Waals surface area contributed by atoms with Crippen LogP contribution in [0.4, 0.5) is 5.69 Å². The second-order valence-electron chi connectivity index (χ2n) is 6.74. The number of carbonyl (C=O) groups is 2. The minimum Gasteiger partial charge on any atom is -0.482 e. The number of amides is 2. The first-order valence-corrected chi connectivity index (χ1v) is 9.11. The van der Waals surface area contributed by atoms with E-state index in [-0.39, 0.29) is 24.5 Å². The number of carbonyl (C=O) groups excluding carboxylic acids is 2. The van der Waals surface area contributed by atoms with E-state index >= 15 is 0 Å². The third-order valence-corrected chi connectivity index (χ3v) is 5.26. The highest BCUT2D eigenvalue weighted by Crippen LogP contribution is 2.38. The van der Waals surface area contributed by atoms with Gasteiger partial charge in [-0.25, -0.2) is 0 Å². The summed E-state index contributed by atoms with van der Waals surface area (Å²) >= 11 is 5.99. The van der Waals surface area contributed by atoms with Crippen LogP contribution in [0.2, 0.25) is 5.02 Å². The lowest BCUT2D eigenvalue weighted by molar-refractivity contribution is -0.118. The molecule has 0 spiro atoms. The summed E-state index contributed by atoms with van der Waals surface area (Å²) in [5.74, 6) is 0.623. The van der Waals surface area contributed by atoms with Crippen molar-refractivity contribution in [3.8, 4) is 5.75 Å². The van der Waals surface area contributed by atoms with Crippen LogP contribution in [-0.4, -0.2) is 18.4 Å². The molecule has 2 N–H and O–H groups in total. The number of hydrogen-bond donors (Lipinski definition) is 2. The van der Waals surface area contributed by atoms with Gasteiger partial charge in [0.15, 0.2) is 6.61 Å². The van der Waals surface area contributed by atoms with Crippen LogP contribution in [0.1, 0.15) is 41.2 Å². The van der Waals surface area contributed by atoms with Crippen LogP contribution >= 0.6 is 11.6 Å². The van der Waals surface area contributed by atoms with E-state index in [2.05, 4.69) is 10.6 Å². The molecular weight excluding hydrogens is 352 g/mol. The number of anilines is 1. The van der Waals surface area contributed by atoms with Gasteiger partial charge >= 0.3 is 0 Å². The average Bonchev–Trinajstić information content (AvgIpc) is 2.59. The zero-order chi connectivity index (χ0) is 18.1. The molecule has 1 atom stereocenters. The molecule has 6 heteroatoms. The molecule has 2 aromatic rings. The maximum absolute atomic E-state index is 12.8. The second-order valence-corrected chi connectivity index (χ2v) is 7.18. The molecule has 0 aromatic heterocycles. The van der Waals surface area contributed by atoms with Crippen LogP contribution in [-0.2, 0) is 4.79 Å². The van der Waals surface area contributed by atoms with Gasteiger partial charge in [0.05, 0.1) is 11.7 Å². The molecule has 1 aliphatic heterocycles. The maximum atomic E-state index is 12.8. The summed E-state index contributed by atoms with van der Waals surface area (Å²) in [5, 5.41) is 6.56. The zero-order valence-corrected chi connectivity index (χ0v) is 14.9. The smallest absolute Gasteiger partial charge is 0.262 e. The summed E-state index contributed by atoms with van der Waals surface area (Å²) in [6.45, 7) is -0.00113. The highest BCUT2D eigenvalue weighted by molar-refractivity contribution is 6.30. The fourth-order valence-corrected chi connectivity index (χ4v) is 3.49. The van der Waals surface area contributed by atoms with Crippen LogP contribution < -0.4 is 15.4 Å². The third-order valence-electron chi connectivity index (χ3n) is 5.01. The first-order chi connectivity index (χ1) is 12.6. The van der Waals surface area contributed by atoms with Crippen molar-refractivity contribution in [3.63, 3.8) is 0 Å². The van der Waals surface area contributed by atoms with E-state index in [0.29, 0.717) is 27.9 Å². The minimum absolute atomic E-state index is 0.00113. The van der Waals surface area contributed by atoms with Gasteiger partial charge < -0.3 is 15.4 Å². The number of halogens is 1. The molecule has 2 aromatic carbocycles. The molecule has 2 amide bonds. The molecule has 0 saturated heterocycles. The van der Waals surface area contributed by atoms with Gasteiger partial charge in [0.1, 0.15) is 5.75 Å². The molecule has 134 valence electrons. The molecule has 1 unspecified atom stereocenters. The number of rotatable bonds is 4. The van der Waals surface area contributed by atoms with Crippen LogP contribution in [0.5, 0.6) is 5.75 Å². The van der Waals surface area contributed by atoms with Crippen molar-refractivity contribution in [2.24, 2.45) is 5.92 Å². The van der Waals surface area contributed by atoms with Crippen molar-refractivity contribution in [2.75, 3.05) is 11.9 Å². The van der Waals surface area contributed by atoms with Gasteiger partial charge in [-0.15, -0.1) is 0 Å². The monoisotopic (exact) mass is 370 g/mol. The standard InChI is InChI=1S/C20H19ClN2O3/c21-15-7-4-13(5-8-15)19(12-2-1-3-12)23-20(25)14-6-9-17-16(10-14)22-18(24)11-26-17/h4-10,12,19H,1-3,11H2,(H,22,24)(H,23,25). The predicted molar refractivity (Wildman–Crippen MR) is 99.6 cm³/mol. The van der Waals surface area contributed by atoms with Crippen LogP contribution in [0.15, 0.2) is 42.5 Å². The van der Waals surface area contributed by atoms with E-state index in [1.165, 1.54) is 6.42 Å². The lowest BCUT2D eigenvalue weighted by atomic mass is 9.77. The Morgan fingerprint density at radius 2 is 1.96 bits per heavy atom. The summed E-state index contributed by atoms with van der Waals surface area (Å²) in [4.78, 5) is 24.3. The van der Waals surface area contributed by atoms with Crippen molar-refractivity contribution in [2.45, 2.75) is 25.3 Å². The van der Waals surface area contributed by atoms with Gasteiger partial charge in [-0.2, -0.15) is 0 Å². The third kappa shape index (κ3) is 3.40. The normalized spacial score (nSPS) is 17.3. The summed E-state index contributed by atoms with van der Waals surface area (Å²) in [7, 11) is 0. The average molecular weight is 371 g/mol. The lowest BCUT2D eigenvalue weighted by Crippen LogP contribution is -2.36. The molecule has 1 saturated carbocycles. The fourth-order valence-electron chi connectivity index (χ4n) is 3.37. The van der Waals surface area contributed by atoms with Gasteiger partial charge in [0, 0.05) is 10.6 Å². The molecule has 1 aliphatic carbocycles. The van der Waals surface area contributed by atoms with Crippen LogP contribution in [0.3, 0.4) is 0 Å². The van der Waals surface area contributed by atoms with E-state index < -0.39 is 0 Å². The summed E-state index contributed by atoms with van der Waals surface area (Å²) in [6, 6.07) is 12.7. The van der Waals surface area contributed by atoms with Gasteiger partial charge in [-0.1, -0.05) is 30.2 Å². The van der Waals surface area contributed by atoms with E-state index in [9.17, 15) is 9.59 Å². The summed E-state index contributed by atoms with van der Waals surface area (Å²) in [6.07, 6.45) is 3.39. The number of hydrogen-bond acceptors (Lipinski definition) is 3. The summed E-state index contributed by atoms with van der Waals surface area (Å²) in [5.41, 5.74) is 2.08. The van der Waals surface area contributed by atoms with Gasteiger partial charge in [0.25, 0.3) is 11.8 Å². The fraction of sp³-hybridized carbons (Fsp3) is 0.300. The molecule has 0 radical (unpaired) electrons. The van der Waals surface area contributed by atoms with E-state index in [4.69, 9.17) is 16.3 Å². The first kappa shape index (κ1) is 16.9. The largest absolute Gasteiger partial charge is 0.482 e. The Morgan fingerprint density at radius 3 is 2.65 bits per heavy atom. The van der Waals surface area contributed by atoms with Gasteiger partial charge in [0.2, 0.25) is 0 Å². The highest BCUT2D eigenvalue weighted by Gasteiger charge is 2.30. The summed E-state index contributed by atoms with van der Waals surface area (Å²) < 4.78 is 5.34. The van der Waals surface area contributed by atoms with Crippen molar-refractivity contribution in [3.05, 3.63) is 58.6 Å². The molecule has 2 aliphatic rings. The first-order valence-electron chi connectivity index (χ1n) is 8.73. The van der Waals surface area contributed by atoms with Crippen molar-refractivity contribution in [1.82, 2.24) is 5.32 Å². The number of fused-ring (bicyclic) bond motifs is 1. The number of ether oxygens (including phenoxy) is 1. The lowest BCUT2D eigenvalue weighted by Gasteiger charge is -2.34. The topological polar surface area (TPSA) is 67.4 Å². The molecule has 4 rings (SSSR count). The molecule has 26 heavy (non-hydrogen) atoms. The van der Waals surface area contributed by atoms with Crippen molar-refractivity contribution in [1.29, 1.82) is 0 Å². The highest BCUT2D eigenvalue weighted by atomic mass is 35.5. The molecule has 1 heterocycles. The van der Waals surface area contributed by atoms with E-state index in [0.717, 1.165) is 18.4 Å². The minimum atomic E-state index is -0.219. The molecule has 0 bridgehead atoms. The number of nitrogens with one attached hydrogen (secondary N) is 2. The Labute approximate surface area is 156 Å². The Bertz CT molecular complexity index is 847. The molecule has 5 nitrogen and oxygen atoms in total. The Hall–Kier alpha value is -2.53. The SMILES string of the molecule is O=C1COc2ccc(C(=O)NC(c3ccc(Cl)cc3)C3CCC3)cc2N1. The second kappa shape index (κ2) is 7.00. The Kier molecular flexibility index (Phi) is 4.55. The zero-order valence-electron chi connectivity index (χ0n) is 14.1. The molecular formula is C20H19ClN2O3. The van der Waals surface area contributed by atoms with E-state index in [1.807, 2.05) is 24.3 Å². The van der Waals surface area contributed by atoms with Crippen molar-refractivity contribution < 1.29 is 14.3 Å². The van der Waals surface area contributed by atoms with E-state index in [1.54, 1.807) is 18.2 Å². The van der Waals surface area contributed by atoms with Crippen molar-refractivity contribution >= 4 is 29.1 Å². The van der Waals surface area contributed by atoms with Crippen LogP contribution in [0.25, 0.3) is 0 Å². The van der Waals surface area contributed by atoms with Gasteiger partial charge in [-0.3, -0.25) is 9.59 Å².